The summed E-state index contributed by atoms with van der Waals surface area (Å²) in [6.45, 7) is 1.99. The molecular formula is C9H8BrN3O2S. The Kier molecular flexibility index (Phi) is 3.45. The SMILES string of the molecule is CCc1nc(Sc2oc(C=O)cc2Br)n[nH]1. The van der Waals surface area contributed by atoms with E-state index in [1.165, 1.54) is 11.8 Å². The third-order valence-electron chi connectivity index (χ3n) is 1.82. The normalized spacial score (nSPS) is 10.6. The summed E-state index contributed by atoms with van der Waals surface area (Å²) in [4.78, 5) is 14.7. The van der Waals surface area contributed by atoms with Crippen molar-refractivity contribution < 1.29 is 9.21 Å². The molecule has 0 unspecified atom stereocenters. The van der Waals surface area contributed by atoms with Crippen molar-refractivity contribution in [2.24, 2.45) is 0 Å². The van der Waals surface area contributed by atoms with Gasteiger partial charge in [0.2, 0.25) is 5.16 Å². The highest BCUT2D eigenvalue weighted by molar-refractivity contribution is 9.10. The summed E-state index contributed by atoms with van der Waals surface area (Å²) in [6, 6.07) is 1.61. The van der Waals surface area contributed by atoms with Crippen LogP contribution in [0.25, 0.3) is 0 Å². The van der Waals surface area contributed by atoms with E-state index in [0.717, 1.165) is 16.7 Å². The van der Waals surface area contributed by atoms with Gasteiger partial charge in [0.05, 0.1) is 4.47 Å². The van der Waals surface area contributed by atoms with Crippen molar-refractivity contribution in [2.45, 2.75) is 23.6 Å². The summed E-state index contributed by atoms with van der Waals surface area (Å²) < 4.78 is 5.99. The third kappa shape index (κ3) is 2.35. The Morgan fingerprint density at radius 1 is 1.69 bits per heavy atom. The van der Waals surface area contributed by atoms with Crippen LogP contribution in [0.15, 0.2) is 25.2 Å². The molecule has 0 radical (unpaired) electrons. The summed E-state index contributed by atoms with van der Waals surface area (Å²) in [5.74, 6) is 1.10. The molecule has 0 saturated heterocycles. The molecule has 7 heteroatoms. The third-order valence-corrected chi connectivity index (χ3v) is 3.53. The van der Waals surface area contributed by atoms with E-state index in [9.17, 15) is 4.79 Å². The van der Waals surface area contributed by atoms with Gasteiger partial charge in [0.25, 0.3) is 0 Å². The van der Waals surface area contributed by atoms with E-state index in [-0.39, 0.29) is 5.76 Å². The highest BCUT2D eigenvalue weighted by Crippen LogP contribution is 2.33. The van der Waals surface area contributed by atoms with Crippen LogP contribution >= 0.6 is 27.7 Å². The Morgan fingerprint density at radius 3 is 3.06 bits per heavy atom. The Bertz CT molecular complexity index is 509. The number of aromatic amines is 1. The number of aromatic nitrogens is 3. The van der Waals surface area contributed by atoms with Crippen molar-refractivity contribution in [3.8, 4) is 0 Å². The molecule has 2 rings (SSSR count). The molecule has 2 aromatic heterocycles. The minimum absolute atomic E-state index is 0.278. The minimum Gasteiger partial charge on any atom is -0.445 e. The van der Waals surface area contributed by atoms with Crippen LogP contribution in [-0.4, -0.2) is 21.5 Å². The fourth-order valence-corrected chi connectivity index (χ4v) is 2.32. The van der Waals surface area contributed by atoms with Gasteiger partial charge in [-0.25, -0.2) is 4.98 Å². The van der Waals surface area contributed by atoms with Crippen LogP contribution in [0, 0.1) is 0 Å². The number of hydrogen-bond donors (Lipinski definition) is 1. The first-order chi connectivity index (χ1) is 7.72. The van der Waals surface area contributed by atoms with Crippen molar-refractivity contribution in [2.75, 3.05) is 0 Å². The molecule has 2 aromatic rings. The maximum Gasteiger partial charge on any atom is 0.216 e. The number of halogens is 1. The highest BCUT2D eigenvalue weighted by atomic mass is 79.9. The van der Waals surface area contributed by atoms with E-state index in [1.54, 1.807) is 6.07 Å². The van der Waals surface area contributed by atoms with Crippen molar-refractivity contribution in [3.05, 3.63) is 22.1 Å². The number of rotatable bonds is 4. The molecule has 2 heterocycles. The molecule has 0 aromatic carbocycles. The van der Waals surface area contributed by atoms with E-state index in [4.69, 9.17) is 4.42 Å². The molecule has 0 spiro atoms. The second-order valence-electron chi connectivity index (χ2n) is 2.92. The first-order valence-corrected chi connectivity index (χ1v) is 6.17. The average Bonchev–Trinajstić information content (AvgIpc) is 2.87. The van der Waals surface area contributed by atoms with Crippen molar-refractivity contribution in [1.82, 2.24) is 15.2 Å². The van der Waals surface area contributed by atoms with Gasteiger partial charge in [-0.15, -0.1) is 5.10 Å². The van der Waals surface area contributed by atoms with E-state index in [2.05, 4.69) is 31.1 Å². The van der Waals surface area contributed by atoms with Gasteiger partial charge in [-0.3, -0.25) is 9.89 Å². The molecule has 1 N–H and O–H groups in total. The van der Waals surface area contributed by atoms with Crippen LogP contribution in [0.4, 0.5) is 0 Å². The second kappa shape index (κ2) is 4.84. The lowest BCUT2D eigenvalue weighted by Gasteiger charge is -1.90. The lowest BCUT2D eigenvalue weighted by Crippen LogP contribution is -1.80. The number of H-pyrrole nitrogens is 1. The van der Waals surface area contributed by atoms with E-state index < -0.39 is 0 Å². The lowest BCUT2D eigenvalue weighted by molar-refractivity contribution is 0.109. The van der Waals surface area contributed by atoms with Crippen LogP contribution in [0.2, 0.25) is 0 Å². The van der Waals surface area contributed by atoms with Crippen LogP contribution in [0.3, 0.4) is 0 Å². The van der Waals surface area contributed by atoms with Gasteiger partial charge in [0.15, 0.2) is 17.1 Å². The van der Waals surface area contributed by atoms with Gasteiger partial charge < -0.3 is 4.42 Å². The van der Waals surface area contributed by atoms with Crippen LogP contribution in [0.5, 0.6) is 0 Å². The van der Waals surface area contributed by atoms with E-state index in [0.29, 0.717) is 16.5 Å². The monoisotopic (exact) mass is 301 g/mol. The quantitative estimate of drug-likeness (QED) is 0.879. The molecule has 0 bridgehead atoms. The van der Waals surface area contributed by atoms with E-state index in [1.807, 2.05) is 6.92 Å². The first kappa shape index (κ1) is 11.4. The minimum atomic E-state index is 0.278. The smallest absolute Gasteiger partial charge is 0.216 e. The van der Waals surface area contributed by atoms with Gasteiger partial charge in [-0.1, -0.05) is 6.92 Å². The highest BCUT2D eigenvalue weighted by Gasteiger charge is 2.12. The number of aryl methyl sites for hydroxylation is 1. The number of furan rings is 1. The summed E-state index contributed by atoms with van der Waals surface area (Å²) in [5, 5.41) is 7.97. The molecule has 0 amide bonds. The van der Waals surface area contributed by atoms with Crippen molar-refractivity contribution in [3.63, 3.8) is 0 Å². The topological polar surface area (TPSA) is 71.8 Å². The summed E-state index contributed by atoms with van der Waals surface area (Å²) in [6.07, 6.45) is 1.46. The Hall–Kier alpha value is -1.08. The van der Waals surface area contributed by atoms with E-state index >= 15 is 0 Å². The molecular weight excluding hydrogens is 294 g/mol. The molecule has 0 atom stereocenters. The second-order valence-corrected chi connectivity index (χ2v) is 4.72. The zero-order valence-corrected chi connectivity index (χ0v) is 10.8. The molecule has 0 saturated carbocycles. The molecule has 0 fully saturated rings. The molecule has 5 nitrogen and oxygen atoms in total. The average molecular weight is 302 g/mol. The lowest BCUT2D eigenvalue weighted by atomic mass is 10.5. The maximum absolute atomic E-state index is 10.5. The molecule has 84 valence electrons. The summed E-state index contributed by atoms with van der Waals surface area (Å²) >= 11 is 4.56. The predicted octanol–water partition coefficient (Wildman–Crippen LogP) is 2.69. The number of hydrogen-bond acceptors (Lipinski definition) is 5. The first-order valence-electron chi connectivity index (χ1n) is 4.56. The Morgan fingerprint density at radius 2 is 2.50 bits per heavy atom. The fourth-order valence-electron chi connectivity index (χ4n) is 1.06. The molecule has 16 heavy (non-hydrogen) atoms. The summed E-state index contributed by atoms with van der Waals surface area (Å²) in [5.41, 5.74) is 0. The summed E-state index contributed by atoms with van der Waals surface area (Å²) in [7, 11) is 0. The Balaban J connectivity index is 2.19. The fraction of sp³-hybridized carbons (Fsp3) is 0.222. The van der Waals surface area contributed by atoms with Gasteiger partial charge in [0.1, 0.15) is 5.82 Å². The zero-order valence-electron chi connectivity index (χ0n) is 8.36. The molecule has 0 aliphatic rings. The number of nitrogens with one attached hydrogen (secondary N) is 1. The van der Waals surface area contributed by atoms with Crippen molar-refractivity contribution >= 4 is 34.0 Å². The van der Waals surface area contributed by atoms with Crippen molar-refractivity contribution in [1.29, 1.82) is 0 Å². The number of nitrogens with zero attached hydrogens (tertiary/aromatic N) is 2. The Labute approximate surface area is 104 Å². The largest absolute Gasteiger partial charge is 0.445 e. The van der Waals surface area contributed by atoms with Gasteiger partial charge in [-0.05, 0) is 27.7 Å². The zero-order chi connectivity index (χ0) is 11.5. The van der Waals surface area contributed by atoms with Gasteiger partial charge in [-0.2, -0.15) is 0 Å². The number of aldehydes is 1. The maximum atomic E-state index is 10.5. The number of carbonyl (C=O) groups excluding carboxylic acids is 1. The predicted molar refractivity (Wildman–Crippen MR) is 61.7 cm³/mol. The van der Waals surface area contributed by atoms with Crippen LogP contribution in [-0.2, 0) is 6.42 Å². The van der Waals surface area contributed by atoms with Crippen LogP contribution in [0.1, 0.15) is 23.3 Å². The van der Waals surface area contributed by atoms with Crippen LogP contribution < -0.4 is 0 Å². The van der Waals surface area contributed by atoms with Gasteiger partial charge in [0, 0.05) is 12.5 Å². The molecule has 0 aliphatic heterocycles. The van der Waals surface area contributed by atoms with Gasteiger partial charge >= 0.3 is 0 Å². The molecule has 0 aliphatic carbocycles. The standard InChI is InChI=1S/C9H8BrN3O2S/c1-2-7-11-9(13-12-7)16-8-6(10)3-5(4-14)15-8/h3-4H,2H2,1H3,(H,11,12,13). The number of carbonyl (C=O) groups is 1.